The summed E-state index contributed by atoms with van der Waals surface area (Å²) in [6.07, 6.45) is 3.96. The number of aliphatic imine (C=N–C) groups is 1. The van der Waals surface area contributed by atoms with E-state index in [1.807, 2.05) is 0 Å². The maximum absolute atomic E-state index is 5.42. The lowest BCUT2D eigenvalue weighted by Gasteiger charge is -2.14. The Hall–Kier alpha value is -0.570. The molecule has 13 heavy (non-hydrogen) atoms. The van der Waals surface area contributed by atoms with E-state index < -0.39 is 0 Å². The van der Waals surface area contributed by atoms with Crippen LogP contribution in [0.5, 0.6) is 0 Å². The van der Waals surface area contributed by atoms with Gasteiger partial charge in [0, 0.05) is 19.5 Å². The molecule has 0 spiro atoms. The molecule has 0 amide bonds. The molecule has 1 N–H and O–H groups in total. The van der Waals surface area contributed by atoms with Crippen molar-refractivity contribution in [3.05, 3.63) is 0 Å². The molecule has 0 fully saturated rings. The van der Waals surface area contributed by atoms with Gasteiger partial charge in [-0.3, -0.25) is 4.99 Å². The first-order valence-corrected chi connectivity index (χ1v) is 5.18. The molecule has 3 heteroatoms. The topological polar surface area (TPSA) is 33.6 Å². The van der Waals surface area contributed by atoms with E-state index in [1.54, 1.807) is 0 Å². The minimum absolute atomic E-state index is 0.329. The van der Waals surface area contributed by atoms with E-state index in [0.29, 0.717) is 6.10 Å². The highest BCUT2D eigenvalue weighted by molar-refractivity contribution is 5.82. The van der Waals surface area contributed by atoms with Crippen molar-refractivity contribution in [1.29, 1.82) is 0 Å². The number of amidine groups is 1. The van der Waals surface area contributed by atoms with Crippen LogP contribution in [0.2, 0.25) is 0 Å². The Morgan fingerprint density at radius 2 is 2.31 bits per heavy atom. The van der Waals surface area contributed by atoms with Crippen molar-refractivity contribution in [3.8, 4) is 0 Å². The van der Waals surface area contributed by atoms with Gasteiger partial charge in [0.15, 0.2) is 0 Å². The Labute approximate surface area is 80.6 Å². The van der Waals surface area contributed by atoms with Gasteiger partial charge in [0.1, 0.15) is 0 Å². The summed E-state index contributed by atoms with van der Waals surface area (Å²) < 4.78 is 5.42. The molecule has 0 aromatic rings. The zero-order valence-corrected chi connectivity index (χ0v) is 8.68. The number of hydrogen-bond acceptors (Lipinski definition) is 3. The molecule has 3 nitrogen and oxygen atoms in total. The minimum atomic E-state index is 0.329. The first-order valence-electron chi connectivity index (χ1n) is 5.18. The predicted molar refractivity (Wildman–Crippen MR) is 55.2 cm³/mol. The van der Waals surface area contributed by atoms with Gasteiger partial charge in [-0.05, 0) is 26.7 Å². The van der Waals surface area contributed by atoms with Gasteiger partial charge < -0.3 is 10.1 Å². The van der Waals surface area contributed by atoms with Gasteiger partial charge in [0.2, 0.25) is 0 Å². The third-order valence-corrected chi connectivity index (χ3v) is 2.01. The lowest BCUT2D eigenvalue weighted by atomic mass is 10.2. The molecule has 1 rings (SSSR count). The Bertz CT molecular complexity index is 166. The number of hydrogen-bond donors (Lipinski definition) is 1. The van der Waals surface area contributed by atoms with Crippen molar-refractivity contribution < 1.29 is 4.74 Å². The Morgan fingerprint density at radius 1 is 1.46 bits per heavy atom. The van der Waals surface area contributed by atoms with Crippen LogP contribution in [0.15, 0.2) is 4.99 Å². The number of rotatable bonds is 4. The van der Waals surface area contributed by atoms with Gasteiger partial charge in [-0.25, -0.2) is 0 Å². The molecule has 1 heterocycles. The number of ether oxygens (including phenoxy) is 1. The van der Waals surface area contributed by atoms with E-state index in [0.717, 1.165) is 26.1 Å². The molecule has 1 aliphatic rings. The fourth-order valence-electron chi connectivity index (χ4n) is 1.33. The van der Waals surface area contributed by atoms with Crippen molar-refractivity contribution in [3.63, 3.8) is 0 Å². The molecule has 0 atom stereocenters. The summed E-state index contributed by atoms with van der Waals surface area (Å²) in [6.45, 7) is 6.76. The molecule has 1 aliphatic heterocycles. The molecule has 0 aliphatic carbocycles. The Kier molecular flexibility index (Phi) is 4.83. The van der Waals surface area contributed by atoms with Gasteiger partial charge in [-0.1, -0.05) is 0 Å². The summed E-state index contributed by atoms with van der Waals surface area (Å²) in [5.41, 5.74) is 0. The molecule has 76 valence electrons. The summed E-state index contributed by atoms with van der Waals surface area (Å²) in [5.74, 6) is 1.17. The molecule has 0 radical (unpaired) electrons. The van der Waals surface area contributed by atoms with Crippen molar-refractivity contribution >= 4 is 5.84 Å². The van der Waals surface area contributed by atoms with E-state index in [1.165, 1.54) is 18.7 Å². The average molecular weight is 184 g/mol. The highest BCUT2D eigenvalue weighted by atomic mass is 16.5. The molecule has 0 saturated carbocycles. The third kappa shape index (κ3) is 4.88. The minimum Gasteiger partial charge on any atom is -0.377 e. The summed E-state index contributed by atoms with van der Waals surface area (Å²) in [7, 11) is 0. The van der Waals surface area contributed by atoms with Gasteiger partial charge in [-0.2, -0.15) is 0 Å². The molecule has 0 aromatic heterocycles. The first-order chi connectivity index (χ1) is 6.29. The van der Waals surface area contributed by atoms with Crippen molar-refractivity contribution in [2.75, 3.05) is 19.7 Å². The van der Waals surface area contributed by atoms with E-state index in [4.69, 9.17) is 4.74 Å². The molecule has 0 saturated heterocycles. The van der Waals surface area contributed by atoms with Crippen LogP contribution in [0.25, 0.3) is 0 Å². The fourth-order valence-corrected chi connectivity index (χ4v) is 1.33. The van der Waals surface area contributed by atoms with Crippen molar-refractivity contribution in [2.24, 2.45) is 4.99 Å². The van der Waals surface area contributed by atoms with E-state index in [2.05, 4.69) is 24.2 Å². The second kappa shape index (κ2) is 5.97. The third-order valence-electron chi connectivity index (χ3n) is 2.01. The second-order valence-corrected chi connectivity index (χ2v) is 3.63. The van der Waals surface area contributed by atoms with Crippen LogP contribution in [-0.4, -0.2) is 31.6 Å². The van der Waals surface area contributed by atoms with Crippen LogP contribution in [0.1, 0.15) is 33.1 Å². The van der Waals surface area contributed by atoms with E-state index >= 15 is 0 Å². The number of nitrogens with zero attached hydrogens (tertiary/aromatic N) is 1. The first kappa shape index (κ1) is 10.5. The van der Waals surface area contributed by atoms with E-state index in [9.17, 15) is 0 Å². The molecular formula is C10H20N2O. The fraction of sp³-hybridized carbons (Fsp3) is 0.900. The highest BCUT2D eigenvalue weighted by Gasteiger charge is 2.03. The summed E-state index contributed by atoms with van der Waals surface area (Å²) >= 11 is 0. The monoisotopic (exact) mass is 184 g/mol. The van der Waals surface area contributed by atoms with Crippen molar-refractivity contribution in [2.45, 2.75) is 39.2 Å². The number of nitrogens with one attached hydrogen (secondary N) is 1. The Balaban J connectivity index is 2.01. The summed E-state index contributed by atoms with van der Waals surface area (Å²) in [6, 6.07) is 0. The van der Waals surface area contributed by atoms with Crippen LogP contribution in [0, 0.1) is 0 Å². The SMILES string of the molecule is CC(C)OCCNC1=NCCCC1. The van der Waals surface area contributed by atoms with Gasteiger partial charge >= 0.3 is 0 Å². The zero-order valence-electron chi connectivity index (χ0n) is 8.68. The predicted octanol–water partition coefficient (Wildman–Crippen LogP) is 1.58. The molecule has 0 aromatic carbocycles. The maximum atomic E-state index is 5.42. The summed E-state index contributed by atoms with van der Waals surface area (Å²) in [4.78, 5) is 4.40. The van der Waals surface area contributed by atoms with E-state index in [-0.39, 0.29) is 0 Å². The largest absolute Gasteiger partial charge is 0.377 e. The van der Waals surface area contributed by atoms with Gasteiger partial charge in [-0.15, -0.1) is 0 Å². The van der Waals surface area contributed by atoms with Gasteiger partial charge in [0.25, 0.3) is 0 Å². The summed E-state index contributed by atoms with van der Waals surface area (Å²) in [5, 5.41) is 3.30. The molecular weight excluding hydrogens is 164 g/mol. The molecule has 0 bridgehead atoms. The lowest BCUT2D eigenvalue weighted by molar-refractivity contribution is 0.0829. The second-order valence-electron chi connectivity index (χ2n) is 3.63. The average Bonchev–Trinajstić information content (AvgIpc) is 2.14. The smallest absolute Gasteiger partial charge is 0.0963 e. The van der Waals surface area contributed by atoms with Crippen molar-refractivity contribution in [1.82, 2.24) is 5.32 Å². The lowest BCUT2D eigenvalue weighted by Crippen LogP contribution is -2.29. The van der Waals surface area contributed by atoms with Crippen LogP contribution < -0.4 is 5.32 Å². The van der Waals surface area contributed by atoms with Crippen LogP contribution in [0.3, 0.4) is 0 Å². The van der Waals surface area contributed by atoms with Gasteiger partial charge in [0.05, 0.1) is 18.5 Å². The molecule has 0 unspecified atom stereocenters. The Morgan fingerprint density at radius 3 is 2.92 bits per heavy atom. The zero-order chi connectivity index (χ0) is 9.52. The normalized spacial score (nSPS) is 17.3. The van der Waals surface area contributed by atoms with Crippen LogP contribution in [0.4, 0.5) is 0 Å². The standard InChI is InChI=1S/C10H20N2O/c1-9(2)13-8-7-12-10-5-3-4-6-11-10/h9H,3-8H2,1-2H3,(H,11,12). The maximum Gasteiger partial charge on any atom is 0.0963 e. The quantitative estimate of drug-likeness (QED) is 0.673. The van der Waals surface area contributed by atoms with Crippen LogP contribution in [-0.2, 0) is 4.74 Å². The highest BCUT2D eigenvalue weighted by Crippen LogP contribution is 2.03. The van der Waals surface area contributed by atoms with Crippen LogP contribution >= 0.6 is 0 Å².